The number of fused-ring (bicyclic) bond motifs is 1. The largest absolute Gasteiger partial charge is 0.478 e. The number of aromatic nitrogens is 2. The minimum absolute atomic E-state index is 0.123. The number of nitrogens with zero attached hydrogens (tertiary/aromatic N) is 2. The predicted octanol–water partition coefficient (Wildman–Crippen LogP) is 1.40. The molecule has 86 valence electrons. The number of carboxylic acids is 1. The Kier molecular flexibility index (Phi) is 2.07. The van der Waals surface area contributed by atoms with Gasteiger partial charge in [0.2, 0.25) is 0 Å². The molecule has 3 heterocycles. The van der Waals surface area contributed by atoms with Gasteiger partial charge in [-0.1, -0.05) is 0 Å². The number of anilines is 1. The number of hydrogen-bond donors (Lipinski definition) is 2. The van der Waals surface area contributed by atoms with Crippen LogP contribution in [-0.4, -0.2) is 27.6 Å². The highest BCUT2D eigenvalue weighted by atomic mass is 16.4. The van der Waals surface area contributed by atoms with Crippen molar-refractivity contribution >= 4 is 11.8 Å². The summed E-state index contributed by atoms with van der Waals surface area (Å²) in [5, 5.41) is 12.0. The van der Waals surface area contributed by atoms with E-state index in [1.54, 1.807) is 0 Å². The van der Waals surface area contributed by atoms with Crippen LogP contribution < -0.4 is 5.32 Å². The van der Waals surface area contributed by atoms with E-state index in [1.165, 1.54) is 18.7 Å². The van der Waals surface area contributed by atoms with Crippen LogP contribution in [0.3, 0.4) is 0 Å². The number of carboxylic acid groups (broad SMARTS) is 1. The third kappa shape index (κ3) is 1.54. The zero-order valence-corrected chi connectivity index (χ0v) is 8.80. The number of nitrogens with one attached hydrogen (secondary N) is 1. The first kappa shape index (κ1) is 9.83. The van der Waals surface area contributed by atoms with Crippen LogP contribution in [0.25, 0.3) is 11.5 Å². The highest BCUT2D eigenvalue weighted by molar-refractivity contribution is 5.88. The smallest absolute Gasteiger partial charge is 0.338 e. The van der Waals surface area contributed by atoms with E-state index < -0.39 is 5.97 Å². The molecule has 3 rings (SSSR count). The summed E-state index contributed by atoms with van der Waals surface area (Å²) in [6.45, 7) is 0.813. The van der Waals surface area contributed by atoms with Crippen LogP contribution in [0.5, 0.6) is 0 Å². The second-order valence-corrected chi connectivity index (χ2v) is 3.73. The Morgan fingerprint density at radius 3 is 3.12 bits per heavy atom. The van der Waals surface area contributed by atoms with Crippen molar-refractivity contribution in [3.63, 3.8) is 0 Å². The highest BCUT2D eigenvalue weighted by Crippen LogP contribution is 2.30. The van der Waals surface area contributed by atoms with Crippen molar-refractivity contribution < 1.29 is 14.3 Å². The van der Waals surface area contributed by atoms with E-state index in [0.29, 0.717) is 11.5 Å². The molecule has 0 spiro atoms. The third-order valence-corrected chi connectivity index (χ3v) is 2.69. The molecule has 17 heavy (non-hydrogen) atoms. The van der Waals surface area contributed by atoms with Gasteiger partial charge in [-0.2, -0.15) is 0 Å². The topological polar surface area (TPSA) is 88.2 Å². The van der Waals surface area contributed by atoms with Crippen molar-refractivity contribution in [2.24, 2.45) is 0 Å². The monoisotopic (exact) mass is 231 g/mol. The van der Waals surface area contributed by atoms with Gasteiger partial charge < -0.3 is 14.8 Å². The zero-order valence-electron chi connectivity index (χ0n) is 8.80. The van der Waals surface area contributed by atoms with Crippen LogP contribution >= 0.6 is 0 Å². The minimum Gasteiger partial charge on any atom is -0.478 e. The Labute approximate surface area is 96.3 Å². The van der Waals surface area contributed by atoms with Gasteiger partial charge in [-0.3, -0.25) is 0 Å². The molecule has 0 aliphatic carbocycles. The average Bonchev–Trinajstić information content (AvgIpc) is 2.97. The Hall–Kier alpha value is -2.37. The van der Waals surface area contributed by atoms with E-state index in [4.69, 9.17) is 9.52 Å². The van der Waals surface area contributed by atoms with E-state index in [0.717, 1.165) is 24.3 Å². The van der Waals surface area contributed by atoms with Crippen molar-refractivity contribution in [3.05, 3.63) is 29.8 Å². The van der Waals surface area contributed by atoms with Crippen molar-refractivity contribution in [2.75, 3.05) is 11.9 Å². The van der Waals surface area contributed by atoms with Gasteiger partial charge in [0.1, 0.15) is 24.1 Å². The molecule has 1 aliphatic heterocycles. The molecule has 0 fully saturated rings. The fraction of sp³-hybridized carbons (Fsp3) is 0.182. The summed E-state index contributed by atoms with van der Waals surface area (Å²) in [7, 11) is 0. The number of rotatable bonds is 2. The maximum Gasteiger partial charge on any atom is 0.338 e. The molecule has 2 aromatic rings. The molecule has 0 saturated heterocycles. The van der Waals surface area contributed by atoms with Crippen molar-refractivity contribution in [1.82, 2.24) is 9.97 Å². The standard InChI is InChI=1S/C11H9N3O3/c15-11(16)6-3-8(17-4-6)9-7-1-2-12-10(7)14-5-13-9/h3-5H,1-2H2,(H,15,16)(H,12,13,14). The summed E-state index contributed by atoms with van der Waals surface area (Å²) in [6.07, 6.45) is 3.47. The van der Waals surface area contributed by atoms with Gasteiger partial charge in [0.25, 0.3) is 0 Å². The Morgan fingerprint density at radius 2 is 2.35 bits per heavy atom. The molecule has 6 nitrogen and oxygen atoms in total. The lowest BCUT2D eigenvalue weighted by atomic mass is 10.1. The molecule has 6 heteroatoms. The molecule has 0 radical (unpaired) electrons. The highest BCUT2D eigenvalue weighted by Gasteiger charge is 2.20. The van der Waals surface area contributed by atoms with Crippen LogP contribution in [-0.2, 0) is 6.42 Å². The lowest BCUT2D eigenvalue weighted by Crippen LogP contribution is -1.94. The van der Waals surface area contributed by atoms with Crippen molar-refractivity contribution in [1.29, 1.82) is 0 Å². The molecule has 0 bridgehead atoms. The molecular weight excluding hydrogens is 222 g/mol. The molecule has 0 unspecified atom stereocenters. The third-order valence-electron chi connectivity index (χ3n) is 2.69. The summed E-state index contributed by atoms with van der Waals surface area (Å²) in [4.78, 5) is 19.0. The Bertz CT molecular complexity index is 591. The number of hydrogen-bond acceptors (Lipinski definition) is 5. The van der Waals surface area contributed by atoms with Gasteiger partial charge in [-0.25, -0.2) is 14.8 Å². The van der Waals surface area contributed by atoms with Gasteiger partial charge in [0.15, 0.2) is 5.76 Å². The van der Waals surface area contributed by atoms with Crippen LogP contribution in [0.1, 0.15) is 15.9 Å². The SMILES string of the molecule is O=C(O)c1coc(-c2ncnc3c2CCN3)c1. The molecular formula is C11H9N3O3. The van der Waals surface area contributed by atoms with Gasteiger partial charge in [0, 0.05) is 18.2 Å². The quantitative estimate of drug-likeness (QED) is 0.812. The molecule has 1 aliphatic rings. The average molecular weight is 231 g/mol. The second-order valence-electron chi connectivity index (χ2n) is 3.73. The maximum absolute atomic E-state index is 10.8. The summed E-state index contributed by atoms with van der Waals surface area (Å²) >= 11 is 0. The molecule has 0 amide bonds. The van der Waals surface area contributed by atoms with Crippen LogP contribution in [0, 0.1) is 0 Å². The molecule has 2 N–H and O–H groups in total. The number of carbonyl (C=O) groups is 1. The Morgan fingerprint density at radius 1 is 1.47 bits per heavy atom. The first-order valence-electron chi connectivity index (χ1n) is 5.15. The van der Waals surface area contributed by atoms with Crippen LogP contribution in [0.4, 0.5) is 5.82 Å². The summed E-state index contributed by atoms with van der Waals surface area (Å²) in [5.41, 5.74) is 1.75. The lowest BCUT2D eigenvalue weighted by Gasteiger charge is -2.01. The molecule has 2 aromatic heterocycles. The van der Waals surface area contributed by atoms with Crippen LogP contribution in [0.15, 0.2) is 23.1 Å². The maximum atomic E-state index is 10.8. The first-order valence-corrected chi connectivity index (χ1v) is 5.15. The normalized spacial score (nSPS) is 13.2. The second kappa shape index (κ2) is 3.58. The summed E-state index contributed by atoms with van der Waals surface area (Å²) < 4.78 is 5.24. The predicted molar refractivity (Wildman–Crippen MR) is 58.9 cm³/mol. The molecule has 0 saturated carbocycles. The fourth-order valence-corrected chi connectivity index (χ4v) is 1.89. The van der Waals surface area contributed by atoms with Crippen molar-refractivity contribution in [3.8, 4) is 11.5 Å². The van der Waals surface area contributed by atoms with E-state index in [9.17, 15) is 4.79 Å². The van der Waals surface area contributed by atoms with E-state index in [1.807, 2.05) is 0 Å². The van der Waals surface area contributed by atoms with Gasteiger partial charge in [-0.15, -0.1) is 0 Å². The molecule has 0 aromatic carbocycles. The van der Waals surface area contributed by atoms with Gasteiger partial charge in [0.05, 0.1) is 5.56 Å². The van der Waals surface area contributed by atoms with Gasteiger partial charge in [-0.05, 0) is 6.42 Å². The first-order chi connectivity index (χ1) is 8.25. The minimum atomic E-state index is -1.01. The summed E-state index contributed by atoms with van der Waals surface area (Å²) in [6, 6.07) is 1.48. The fourth-order valence-electron chi connectivity index (χ4n) is 1.89. The number of aromatic carboxylic acids is 1. The summed E-state index contributed by atoms with van der Waals surface area (Å²) in [5.74, 6) is 0.247. The zero-order chi connectivity index (χ0) is 11.8. The number of furan rings is 1. The van der Waals surface area contributed by atoms with Crippen molar-refractivity contribution in [2.45, 2.75) is 6.42 Å². The van der Waals surface area contributed by atoms with Gasteiger partial charge >= 0.3 is 5.97 Å². The molecule has 0 atom stereocenters. The lowest BCUT2D eigenvalue weighted by molar-refractivity contribution is 0.0696. The van der Waals surface area contributed by atoms with E-state index in [-0.39, 0.29) is 5.56 Å². The van der Waals surface area contributed by atoms with Crippen LogP contribution in [0.2, 0.25) is 0 Å². The van der Waals surface area contributed by atoms with E-state index >= 15 is 0 Å². The Balaban J connectivity index is 2.09. The van der Waals surface area contributed by atoms with E-state index in [2.05, 4.69) is 15.3 Å².